The van der Waals surface area contributed by atoms with Gasteiger partial charge < -0.3 is 9.72 Å². The van der Waals surface area contributed by atoms with Gasteiger partial charge >= 0.3 is 0 Å². The van der Waals surface area contributed by atoms with Crippen molar-refractivity contribution in [2.24, 2.45) is 0 Å². The van der Waals surface area contributed by atoms with Gasteiger partial charge in [0.25, 0.3) is 0 Å². The molecule has 0 unspecified atom stereocenters. The van der Waals surface area contributed by atoms with Gasteiger partial charge in [-0.1, -0.05) is 11.6 Å². The summed E-state index contributed by atoms with van der Waals surface area (Å²) >= 11 is 0. The third-order valence-electron chi connectivity index (χ3n) is 3.13. The van der Waals surface area contributed by atoms with E-state index in [-0.39, 0.29) is 0 Å². The molecule has 1 aromatic heterocycles. The first-order chi connectivity index (χ1) is 9.58. The molecular weight excluding hydrogens is 262 g/mol. The molecule has 3 aromatic rings. The van der Waals surface area contributed by atoms with Crippen LogP contribution in [0.25, 0.3) is 22.4 Å². The quantitative estimate of drug-likeness (QED) is 0.771. The SMILES string of the molecule is COc1ccc(C)cc1-c1nc2cc(F)c(F)cc2[nH]1. The Morgan fingerprint density at radius 2 is 1.85 bits per heavy atom. The predicted molar refractivity (Wildman–Crippen MR) is 72.7 cm³/mol. The summed E-state index contributed by atoms with van der Waals surface area (Å²) in [6.45, 7) is 1.95. The molecule has 0 spiro atoms. The number of ether oxygens (including phenoxy) is 1. The summed E-state index contributed by atoms with van der Waals surface area (Å²) < 4.78 is 31.7. The maximum Gasteiger partial charge on any atom is 0.161 e. The van der Waals surface area contributed by atoms with Gasteiger partial charge in [-0.15, -0.1) is 0 Å². The number of imidazole rings is 1. The summed E-state index contributed by atoms with van der Waals surface area (Å²) in [4.78, 5) is 7.28. The average Bonchev–Trinajstić information content (AvgIpc) is 2.82. The average molecular weight is 274 g/mol. The molecule has 0 fully saturated rings. The van der Waals surface area contributed by atoms with Crippen molar-refractivity contribution in [1.29, 1.82) is 0 Å². The van der Waals surface area contributed by atoms with Crippen LogP contribution in [0.3, 0.4) is 0 Å². The molecule has 0 atom stereocenters. The normalized spacial score (nSPS) is 11.0. The fourth-order valence-electron chi connectivity index (χ4n) is 2.14. The molecule has 0 amide bonds. The predicted octanol–water partition coefficient (Wildman–Crippen LogP) is 3.83. The van der Waals surface area contributed by atoms with E-state index >= 15 is 0 Å². The van der Waals surface area contributed by atoms with Gasteiger partial charge in [-0.2, -0.15) is 0 Å². The maximum atomic E-state index is 13.2. The number of rotatable bonds is 2. The van der Waals surface area contributed by atoms with Gasteiger partial charge in [0.1, 0.15) is 11.6 Å². The summed E-state index contributed by atoms with van der Waals surface area (Å²) in [5.41, 5.74) is 2.62. The molecule has 0 aliphatic carbocycles. The number of hydrogen-bond acceptors (Lipinski definition) is 2. The van der Waals surface area contributed by atoms with Crippen LogP contribution in [-0.4, -0.2) is 17.1 Å². The lowest BCUT2D eigenvalue weighted by Crippen LogP contribution is -1.90. The first kappa shape index (κ1) is 12.6. The van der Waals surface area contributed by atoms with Crippen molar-refractivity contribution in [2.45, 2.75) is 6.92 Å². The van der Waals surface area contributed by atoms with Gasteiger partial charge in [-0.3, -0.25) is 0 Å². The molecule has 3 nitrogen and oxygen atoms in total. The highest BCUT2D eigenvalue weighted by Crippen LogP contribution is 2.30. The Kier molecular flexibility index (Phi) is 2.89. The third kappa shape index (κ3) is 2.01. The third-order valence-corrected chi connectivity index (χ3v) is 3.13. The van der Waals surface area contributed by atoms with Crippen LogP contribution in [0.4, 0.5) is 8.78 Å². The van der Waals surface area contributed by atoms with E-state index < -0.39 is 11.6 Å². The van der Waals surface area contributed by atoms with Gasteiger partial charge in [0.15, 0.2) is 11.6 Å². The second-order valence-electron chi connectivity index (χ2n) is 4.57. The van der Waals surface area contributed by atoms with E-state index in [1.165, 1.54) is 0 Å². The summed E-state index contributed by atoms with van der Waals surface area (Å²) in [5.74, 6) is -0.642. The van der Waals surface area contributed by atoms with Crippen LogP contribution >= 0.6 is 0 Å². The Hall–Kier alpha value is -2.43. The molecule has 0 aliphatic rings. The van der Waals surface area contributed by atoms with Gasteiger partial charge in [0.05, 0.1) is 23.7 Å². The van der Waals surface area contributed by atoms with Gasteiger partial charge in [-0.05, 0) is 19.1 Å². The molecule has 0 saturated carbocycles. The van der Waals surface area contributed by atoms with E-state index in [9.17, 15) is 8.78 Å². The number of aromatic amines is 1. The molecule has 5 heteroatoms. The largest absolute Gasteiger partial charge is 0.496 e. The number of hydrogen-bond donors (Lipinski definition) is 1. The minimum Gasteiger partial charge on any atom is -0.496 e. The molecular formula is C15H12F2N2O. The van der Waals surface area contributed by atoms with E-state index in [1.807, 2.05) is 25.1 Å². The van der Waals surface area contributed by atoms with Crippen molar-refractivity contribution in [2.75, 3.05) is 7.11 Å². The van der Waals surface area contributed by atoms with Gasteiger partial charge in [-0.25, -0.2) is 13.8 Å². The Balaban J connectivity index is 2.22. The lowest BCUT2D eigenvalue weighted by molar-refractivity contribution is 0.416. The lowest BCUT2D eigenvalue weighted by atomic mass is 10.1. The summed E-state index contributed by atoms with van der Waals surface area (Å²) in [5, 5.41) is 0. The van der Waals surface area contributed by atoms with Gasteiger partial charge in [0, 0.05) is 12.1 Å². The van der Waals surface area contributed by atoms with Gasteiger partial charge in [0.2, 0.25) is 0 Å². The van der Waals surface area contributed by atoms with Crippen molar-refractivity contribution < 1.29 is 13.5 Å². The summed E-state index contributed by atoms with van der Waals surface area (Å²) in [6, 6.07) is 7.84. The van der Waals surface area contributed by atoms with Crippen LogP contribution in [0.15, 0.2) is 30.3 Å². The smallest absolute Gasteiger partial charge is 0.161 e. The Morgan fingerprint density at radius 1 is 1.10 bits per heavy atom. The second-order valence-corrected chi connectivity index (χ2v) is 4.57. The minimum atomic E-state index is -0.910. The van der Waals surface area contributed by atoms with Crippen molar-refractivity contribution in [1.82, 2.24) is 9.97 Å². The number of halogens is 2. The topological polar surface area (TPSA) is 37.9 Å². The van der Waals surface area contributed by atoms with Crippen LogP contribution in [0.2, 0.25) is 0 Å². The number of aryl methyl sites for hydroxylation is 1. The number of methoxy groups -OCH3 is 1. The molecule has 0 bridgehead atoms. The standard InChI is InChI=1S/C15H12F2N2O/c1-8-3-4-14(20-2)9(5-8)15-18-12-6-10(16)11(17)7-13(12)19-15/h3-7H,1-2H3,(H,18,19). The minimum absolute atomic E-state index is 0.377. The fourth-order valence-corrected chi connectivity index (χ4v) is 2.14. The first-order valence-electron chi connectivity index (χ1n) is 6.08. The molecule has 1 N–H and O–H groups in total. The van der Waals surface area contributed by atoms with Crippen LogP contribution in [0.1, 0.15) is 5.56 Å². The van der Waals surface area contributed by atoms with Crippen LogP contribution in [0, 0.1) is 18.6 Å². The Labute approximate surface area is 114 Å². The van der Waals surface area contributed by atoms with E-state index in [0.29, 0.717) is 22.6 Å². The Bertz CT molecular complexity index is 757. The summed E-state index contributed by atoms with van der Waals surface area (Å²) in [7, 11) is 1.57. The zero-order chi connectivity index (χ0) is 14.3. The van der Waals surface area contributed by atoms with Crippen molar-refractivity contribution in [3.8, 4) is 17.1 Å². The van der Waals surface area contributed by atoms with E-state index in [1.54, 1.807) is 7.11 Å². The zero-order valence-electron chi connectivity index (χ0n) is 11.0. The second kappa shape index (κ2) is 4.59. The number of fused-ring (bicyclic) bond motifs is 1. The number of nitrogens with one attached hydrogen (secondary N) is 1. The number of nitrogens with zero attached hydrogens (tertiary/aromatic N) is 1. The van der Waals surface area contributed by atoms with Crippen LogP contribution in [0.5, 0.6) is 5.75 Å². The van der Waals surface area contributed by atoms with Crippen molar-refractivity contribution in [3.63, 3.8) is 0 Å². The molecule has 3 rings (SSSR count). The fraction of sp³-hybridized carbons (Fsp3) is 0.133. The van der Waals surface area contributed by atoms with Crippen molar-refractivity contribution >= 4 is 11.0 Å². The van der Waals surface area contributed by atoms with E-state index in [2.05, 4.69) is 9.97 Å². The van der Waals surface area contributed by atoms with Crippen molar-refractivity contribution in [3.05, 3.63) is 47.5 Å². The molecule has 0 radical (unpaired) electrons. The maximum absolute atomic E-state index is 13.2. The zero-order valence-corrected chi connectivity index (χ0v) is 11.0. The number of H-pyrrole nitrogens is 1. The molecule has 0 saturated heterocycles. The molecule has 1 heterocycles. The monoisotopic (exact) mass is 274 g/mol. The highest BCUT2D eigenvalue weighted by atomic mass is 19.2. The molecule has 102 valence electrons. The van der Waals surface area contributed by atoms with Crippen LogP contribution < -0.4 is 4.74 Å². The number of benzene rings is 2. The highest BCUT2D eigenvalue weighted by Gasteiger charge is 2.13. The molecule has 0 aliphatic heterocycles. The lowest BCUT2D eigenvalue weighted by Gasteiger charge is -2.06. The highest BCUT2D eigenvalue weighted by molar-refractivity contribution is 5.81. The van der Waals surface area contributed by atoms with E-state index in [4.69, 9.17) is 4.74 Å². The molecule has 2 aromatic carbocycles. The first-order valence-corrected chi connectivity index (χ1v) is 6.08. The molecule has 20 heavy (non-hydrogen) atoms. The Morgan fingerprint density at radius 3 is 2.60 bits per heavy atom. The summed E-state index contributed by atoms with van der Waals surface area (Å²) in [6.07, 6.45) is 0. The van der Waals surface area contributed by atoms with Crippen LogP contribution in [-0.2, 0) is 0 Å². The van der Waals surface area contributed by atoms with E-state index in [0.717, 1.165) is 23.3 Å². The number of aromatic nitrogens is 2.